The van der Waals surface area contributed by atoms with Gasteiger partial charge < -0.3 is 14.8 Å². The Hall–Kier alpha value is -3.73. The lowest BCUT2D eigenvalue weighted by atomic mass is 10.2. The number of benzene rings is 2. The van der Waals surface area contributed by atoms with Crippen molar-refractivity contribution in [2.24, 2.45) is 5.10 Å². The highest BCUT2D eigenvalue weighted by Gasteiger charge is 2.22. The number of hydrogen-bond donors (Lipinski definition) is 2. The third-order valence-corrected chi connectivity index (χ3v) is 4.65. The number of aryl methyl sites for hydroxylation is 1. The van der Waals surface area contributed by atoms with Gasteiger partial charge in [0.1, 0.15) is 17.2 Å². The second kappa shape index (κ2) is 9.85. The van der Waals surface area contributed by atoms with Gasteiger partial charge in [-0.15, -0.1) is 0 Å². The smallest absolute Gasteiger partial charge is 0.332 e. The summed E-state index contributed by atoms with van der Waals surface area (Å²) in [6.07, 6.45) is 1.54. The molecule has 10 nitrogen and oxygen atoms in total. The maximum Gasteiger partial charge on any atom is 0.332 e. The van der Waals surface area contributed by atoms with Crippen molar-refractivity contribution >= 4 is 45.3 Å². The Kier molecular flexibility index (Phi) is 6.98. The van der Waals surface area contributed by atoms with E-state index in [1.807, 2.05) is 12.1 Å². The quantitative estimate of drug-likeness (QED) is 0.267. The fraction of sp³-hybridized carbons (Fsp3) is 0.150. The summed E-state index contributed by atoms with van der Waals surface area (Å²) in [6, 6.07) is 12.4. The summed E-state index contributed by atoms with van der Waals surface area (Å²) in [5.74, 6) is 1.44. The van der Waals surface area contributed by atoms with Gasteiger partial charge in [-0.05, 0) is 49.4 Å². The molecule has 0 saturated carbocycles. The van der Waals surface area contributed by atoms with E-state index < -0.39 is 4.92 Å². The van der Waals surface area contributed by atoms with E-state index in [-0.39, 0.29) is 23.1 Å². The zero-order valence-electron chi connectivity index (χ0n) is 16.9. The summed E-state index contributed by atoms with van der Waals surface area (Å²) in [6.45, 7) is 1.53. The van der Waals surface area contributed by atoms with Crippen LogP contribution in [0.25, 0.3) is 0 Å². The Morgan fingerprint density at radius 2 is 1.87 bits per heavy atom. The van der Waals surface area contributed by atoms with Crippen molar-refractivity contribution in [1.29, 1.82) is 0 Å². The maximum atomic E-state index is 11.5. The maximum absolute atomic E-state index is 11.5. The summed E-state index contributed by atoms with van der Waals surface area (Å²) in [5.41, 5.74) is 4.00. The van der Waals surface area contributed by atoms with Crippen LogP contribution in [0.1, 0.15) is 11.3 Å². The molecule has 0 aliphatic carbocycles. The van der Waals surface area contributed by atoms with E-state index in [1.165, 1.54) is 6.92 Å². The van der Waals surface area contributed by atoms with E-state index >= 15 is 0 Å². The topological polar surface area (TPSA) is 124 Å². The van der Waals surface area contributed by atoms with E-state index in [4.69, 9.17) is 9.47 Å². The third-order valence-electron chi connectivity index (χ3n) is 4.15. The number of rotatable bonds is 8. The molecular weight excluding hydrogens is 468 g/mol. The molecule has 1 aromatic heterocycles. The van der Waals surface area contributed by atoms with Crippen LogP contribution in [-0.2, 0) is 0 Å². The van der Waals surface area contributed by atoms with Gasteiger partial charge in [-0.25, -0.2) is 10.4 Å². The summed E-state index contributed by atoms with van der Waals surface area (Å²) < 4.78 is 11.3. The average molecular weight is 487 g/mol. The summed E-state index contributed by atoms with van der Waals surface area (Å²) in [7, 11) is 3.12. The van der Waals surface area contributed by atoms with E-state index in [1.54, 1.807) is 50.8 Å². The minimum atomic E-state index is -0.527. The first-order valence-corrected chi connectivity index (χ1v) is 9.77. The highest BCUT2D eigenvalue weighted by Crippen LogP contribution is 2.30. The minimum absolute atomic E-state index is 0.0420. The molecule has 2 aromatic carbocycles. The lowest BCUT2D eigenvalue weighted by Crippen LogP contribution is -2.07. The molecule has 11 heteroatoms. The van der Waals surface area contributed by atoms with Gasteiger partial charge in [0.05, 0.1) is 25.4 Å². The third kappa shape index (κ3) is 5.45. The molecule has 0 atom stereocenters. The van der Waals surface area contributed by atoms with Gasteiger partial charge in [-0.2, -0.15) is 10.1 Å². The van der Waals surface area contributed by atoms with Crippen molar-refractivity contribution in [3.05, 3.63) is 68.3 Å². The normalized spacial score (nSPS) is 10.7. The van der Waals surface area contributed by atoms with Crippen LogP contribution in [-0.4, -0.2) is 35.3 Å². The van der Waals surface area contributed by atoms with Crippen molar-refractivity contribution in [1.82, 2.24) is 9.97 Å². The minimum Gasteiger partial charge on any atom is -0.497 e. The number of nitro groups is 1. The molecule has 0 bridgehead atoms. The van der Waals surface area contributed by atoms with E-state index in [0.717, 1.165) is 10.0 Å². The molecule has 1 heterocycles. The van der Waals surface area contributed by atoms with Gasteiger partial charge in [-0.3, -0.25) is 10.1 Å². The second-order valence-electron chi connectivity index (χ2n) is 6.20. The summed E-state index contributed by atoms with van der Waals surface area (Å²) >= 11 is 3.40. The number of ether oxygens (including phenoxy) is 2. The van der Waals surface area contributed by atoms with Crippen LogP contribution in [0.4, 0.5) is 23.1 Å². The first kappa shape index (κ1) is 22.0. The van der Waals surface area contributed by atoms with Crippen molar-refractivity contribution in [2.75, 3.05) is 25.0 Å². The fourth-order valence-corrected chi connectivity index (χ4v) is 3.08. The predicted molar refractivity (Wildman–Crippen MR) is 122 cm³/mol. The van der Waals surface area contributed by atoms with Gasteiger partial charge in [-0.1, -0.05) is 15.9 Å². The standard InChI is InChI=1S/C20H19BrN6O4/c1-12-18(27(28)29)19(24-15-5-7-16(30-2)8-6-15)25-20(23-12)26-22-11-13-10-14(21)4-9-17(13)31-3/h4-11H,1-3H3,(H2,23,24,25,26)/b22-11+. The lowest BCUT2D eigenvalue weighted by Gasteiger charge is -2.10. The van der Waals surface area contributed by atoms with Crippen LogP contribution in [0.2, 0.25) is 0 Å². The molecular formula is C20H19BrN6O4. The Morgan fingerprint density at radius 1 is 1.13 bits per heavy atom. The SMILES string of the molecule is COc1ccc(Nc2nc(N/N=C/c3cc(Br)ccc3OC)nc(C)c2[N+](=O)[O-])cc1. The monoisotopic (exact) mass is 486 g/mol. The summed E-state index contributed by atoms with van der Waals surface area (Å²) in [5, 5.41) is 18.6. The van der Waals surface area contributed by atoms with Crippen LogP contribution in [0.3, 0.4) is 0 Å². The number of hydrazone groups is 1. The Bertz CT molecular complexity index is 1120. The highest BCUT2D eigenvalue weighted by atomic mass is 79.9. The molecule has 3 aromatic rings. The zero-order valence-corrected chi connectivity index (χ0v) is 18.5. The zero-order chi connectivity index (χ0) is 22.4. The molecule has 0 saturated heterocycles. The average Bonchev–Trinajstić information content (AvgIpc) is 2.74. The van der Waals surface area contributed by atoms with Crippen LogP contribution in [0, 0.1) is 17.0 Å². The number of halogens is 1. The van der Waals surface area contributed by atoms with Crippen molar-refractivity contribution in [3.8, 4) is 11.5 Å². The van der Waals surface area contributed by atoms with Gasteiger partial charge in [0, 0.05) is 15.7 Å². The molecule has 3 rings (SSSR count). The first-order chi connectivity index (χ1) is 14.9. The Morgan fingerprint density at radius 3 is 2.52 bits per heavy atom. The number of methoxy groups -OCH3 is 2. The molecule has 0 fully saturated rings. The van der Waals surface area contributed by atoms with Crippen molar-refractivity contribution in [3.63, 3.8) is 0 Å². The molecule has 0 aliphatic rings. The van der Waals surface area contributed by atoms with Gasteiger partial charge >= 0.3 is 5.69 Å². The van der Waals surface area contributed by atoms with Gasteiger partial charge in [0.2, 0.25) is 11.8 Å². The molecule has 31 heavy (non-hydrogen) atoms. The van der Waals surface area contributed by atoms with Crippen molar-refractivity contribution < 1.29 is 14.4 Å². The van der Waals surface area contributed by atoms with Crippen LogP contribution < -0.4 is 20.2 Å². The van der Waals surface area contributed by atoms with Gasteiger partial charge in [0.15, 0.2) is 0 Å². The van der Waals surface area contributed by atoms with Crippen LogP contribution in [0.5, 0.6) is 11.5 Å². The van der Waals surface area contributed by atoms with E-state index in [2.05, 4.69) is 41.7 Å². The molecule has 0 unspecified atom stereocenters. The van der Waals surface area contributed by atoms with Crippen LogP contribution >= 0.6 is 15.9 Å². The van der Waals surface area contributed by atoms with E-state index in [0.29, 0.717) is 17.2 Å². The number of anilines is 3. The molecule has 0 amide bonds. The Labute approximate surface area is 186 Å². The Balaban J connectivity index is 1.87. The number of nitrogens with one attached hydrogen (secondary N) is 2. The lowest BCUT2D eigenvalue weighted by molar-refractivity contribution is -0.385. The highest BCUT2D eigenvalue weighted by molar-refractivity contribution is 9.10. The number of hydrogen-bond acceptors (Lipinski definition) is 9. The van der Waals surface area contributed by atoms with Crippen molar-refractivity contribution in [2.45, 2.75) is 6.92 Å². The van der Waals surface area contributed by atoms with E-state index in [9.17, 15) is 10.1 Å². The number of nitrogens with zero attached hydrogens (tertiary/aromatic N) is 4. The first-order valence-electron chi connectivity index (χ1n) is 8.98. The molecule has 160 valence electrons. The van der Waals surface area contributed by atoms with Gasteiger partial charge in [0.25, 0.3) is 0 Å². The second-order valence-corrected chi connectivity index (χ2v) is 7.11. The number of aromatic nitrogens is 2. The molecule has 0 aliphatic heterocycles. The molecule has 2 N–H and O–H groups in total. The largest absolute Gasteiger partial charge is 0.497 e. The molecule has 0 radical (unpaired) electrons. The van der Waals surface area contributed by atoms with Crippen LogP contribution in [0.15, 0.2) is 52.0 Å². The summed E-state index contributed by atoms with van der Waals surface area (Å²) in [4.78, 5) is 19.4. The predicted octanol–water partition coefficient (Wildman–Crippen LogP) is 4.66. The molecule has 0 spiro atoms. The fourth-order valence-electron chi connectivity index (χ4n) is 2.70.